The molecule has 2 nitrogen and oxygen atoms in total. The van der Waals surface area contributed by atoms with E-state index in [4.69, 9.17) is 0 Å². The molecule has 1 saturated heterocycles. The number of para-hydroxylation sites is 1. The number of hydrogen-bond donors (Lipinski definition) is 1. The molecule has 1 aromatic carbocycles. The molecule has 0 bridgehead atoms. The summed E-state index contributed by atoms with van der Waals surface area (Å²) < 4.78 is 0. The molecule has 0 saturated carbocycles. The summed E-state index contributed by atoms with van der Waals surface area (Å²) in [7, 11) is 0. The third-order valence-electron chi connectivity index (χ3n) is 3.94. The molecule has 2 unspecified atom stereocenters. The second-order valence-electron chi connectivity index (χ2n) is 5.54. The molecule has 1 fully saturated rings. The summed E-state index contributed by atoms with van der Waals surface area (Å²) in [6.07, 6.45) is 2.60. The molecule has 2 atom stereocenters. The van der Waals surface area contributed by atoms with Crippen LogP contribution in [0.3, 0.4) is 0 Å². The summed E-state index contributed by atoms with van der Waals surface area (Å²) in [5.74, 6) is 1.25. The Hall–Kier alpha value is -1.02. The molecule has 0 aliphatic carbocycles. The van der Waals surface area contributed by atoms with Gasteiger partial charge in [0, 0.05) is 24.7 Å². The van der Waals surface area contributed by atoms with Gasteiger partial charge in [0.2, 0.25) is 0 Å². The molecule has 1 aromatic rings. The zero-order valence-electron chi connectivity index (χ0n) is 11.1. The first-order chi connectivity index (χ1) is 8.08. The quantitative estimate of drug-likeness (QED) is 0.847. The van der Waals surface area contributed by atoms with E-state index in [9.17, 15) is 5.11 Å². The third-order valence-corrected chi connectivity index (χ3v) is 3.94. The number of rotatable bonds is 2. The predicted molar refractivity (Wildman–Crippen MR) is 71.1 cm³/mol. The second-order valence-corrected chi connectivity index (χ2v) is 5.54. The highest BCUT2D eigenvalue weighted by Gasteiger charge is 2.23. The van der Waals surface area contributed by atoms with Crippen molar-refractivity contribution >= 4 is 0 Å². The molecule has 17 heavy (non-hydrogen) atoms. The molecule has 0 spiro atoms. The first kappa shape index (κ1) is 12.4. The van der Waals surface area contributed by atoms with Crippen LogP contribution >= 0.6 is 0 Å². The standard InChI is InChI=1S/C15H23NO/c1-11-7-8-13(3)16(9-11)10-14-6-4-5-12(2)15(14)17/h4-6,11,13,17H,7-10H2,1-3H3. The van der Waals surface area contributed by atoms with Gasteiger partial charge in [0.1, 0.15) is 5.75 Å². The van der Waals surface area contributed by atoms with E-state index < -0.39 is 0 Å². The fourth-order valence-corrected chi connectivity index (χ4v) is 2.67. The smallest absolute Gasteiger partial charge is 0.122 e. The first-order valence-corrected chi connectivity index (χ1v) is 6.59. The van der Waals surface area contributed by atoms with Crippen molar-refractivity contribution in [1.29, 1.82) is 0 Å². The van der Waals surface area contributed by atoms with Gasteiger partial charge >= 0.3 is 0 Å². The minimum atomic E-state index is 0.470. The van der Waals surface area contributed by atoms with Gasteiger partial charge in [-0.15, -0.1) is 0 Å². The summed E-state index contributed by atoms with van der Waals surface area (Å²) in [4.78, 5) is 2.49. The monoisotopic (exact) mass is 233 g/mol. The van der Waals surface area contributed by atoms with Crippen LogP contribution in [0.4, 0.5) is 0 Å². The van der Waals surface area contributed by atoms with Crippen LogP contribution in [0.25, 0.3) is 0 Å². The maximum atomic E-state index is 10.1. The highest BCUT2D eigenvalue weighted by atomic mass is 16.3. The topological polar surface area (TPSA) is 23.5 Å². The van der Waals surface area contributed by atoms with Gasteiger partial charge in [0.15, 0.2) is 0 Å². The summed E-state index contributed by atoms with van der Waals surface area (Å²) in [6.45, 7) is 8.59. The van der Waals surface area contributed by atoms with Gasteiger partial charge < -0.3 is 5.11 Å². The van der Waals surface area contributed by atoms with Crippen molar-refractivity contribution in [3.8, 4) is 5.75 Å². The van der Waals surface area contributed by atoms with E-state index in [0.29, 0.717) is 11.8 Å². The van der Waals surface area contributed by atoms with Crippen molar-refractivity contribution in [1.82, 2.24) is 4.90 Å². The van der Waals surface area contributed by atoms with Gasteiger partial charge in [-0.1, -0.05) is 25.1 Å². The number of piperidine rings is 1. The maximum absolute atomic E-state index is 10.1. The first-order valence-electron chi connectivity index (χ1n) is 6.59. The van der Waals surface area contributed by atoms with Crippen LogP contribution in [0.5, 0.6) is 5.75 Å². The second kappa shape index (κ2) is 5.09. The largest absolute Gasteiger partial charge is 0.507 e. The van der Waals surface area contributed by atoms with E-state index >= 15 is 0 Å². The van der Waals surface area contributed by atoms with Crippen LogP contribution in [-0.2, 0) is 6.54 Å². The van der Waals surface area contributed by atoms with E-state index in [2.05, 4.69) is 18.7 Å². The van der Waals surface area contributed by atoms with Crippen molar-refractivity contribution in [3.63, 3.8) is 0 Å². The third kappa shape index (κ3) is 2.81. The molecule has 94 valence electrons. The Morgan fingerprint density at radius 1 is 1.29 bits per heavy atom. The predicted octanol–water partition coefficient (Wildman–Crippen LogP) is 3.32. The number of likely N-dealkylation sites (tertiary alicyclic amines) is 1. The Bertz CT molecular complexity index is 389. The highest BCUT2D eigenvalue weighted by Crippen LogP contribution is 2.27. The number of phenols is 1. The van der Waals surface area contributed by atoms with Gasteiger partial charge in [0.05, 0.1) is 0 Å². The summed E-state index contributed by atoms with van der Waals surface area (Å²) in [6, 6.07) is 6.66. The minimum absolute atomic E-state index is 0.470. The summed E-state index contributed by atoms with van der Waals surface area (Å²) in [5, 5.41) is 10.1. The van der Waals surface area contributed by atoms with Crippen LogP contribution in [0.2, 0.25) is 0 Å². The molecule has 0 radical (unpaired) electrons. The average Bonchev–Trinajstić information content (AvgIpc) is 2.30. The van der Waals surface area contributed by atoms with Gasteiger partial charge in [-0.3, -0.25) is 4.90 Å². The zero-order chi connectivity index (χ0) is 12.4. The lowest BCUT2D eigenvalue weighted by atomic mass is 9.94. The number of aromatic hydroxyl groups is 1. The van der Waals surface area contributed by atoms with Crippen molar-refractivity contribution in [3.05, 3.63) is 29.3 Å². The Morgan fingerprint density at radius 3 is 2.82 bits per heavy atom. The number of aryl methyl sites for hydroxylation is 1. The normalized spacial score (nSPS) is 26.1. The minimum Gasteiger partial charge on any atom is -0.507 e. The fourth-order valence-electron chi connectivity index (χ4n) is 2.67. The Labute approximate surface area is 104 Å². The van der Waals surface area contributed by atoms with Crippen LogP contribution in [-0.4, -0.2) is 22.6 Å². The molecule has 1 N–H and O–H groups in total. The number of benzene rings is 1. The molecule has 2 heteroatoms. The molecule has 1 aliphatic heterocycles. The van der Waals surface area contributed by atoms with E-state index in [1.165, 1.54) is 12.8 Å². The average molecular weight is 233 g/mol. The molecular weight excluding hydrogens is 210 g/mol. The van der Waals surface area contributed by atoms with Gasteiger partial charge in [-0.05, 0) is 38.2 Å². The Balaban J connectivity index is 2.11. The van der Waals surface area contributed by atoms with Gasteiger partial charge in [-0.25, -0.2) is 0 Å². The van der Waals surface area contributed by atoms with Crippen molar-refractivity contribution < 1.29 is 5.11 Å². The van der Waals surface area contributed by atoms with Crippen molar-refractivity contribution in [2.24, 2.45) is 5.92 Å². The van der Waals surface area contributed by atoms with Gasteiger partial charge in [-0.2, -0.15) is 0 Å². The van der Waals surface area contributed by atoms with E-state index in [0.717, 1.165) is 30.1 Å². The van der Waals surface area contributed by atoms with Crippen molar-refractivity contribution in [2.75, 3.05) is 6.54 Å². The van der Waals surface area contributed by atoms with Crippen molar-refractivity contribution in [2.45, 2.75) is 46.2 Å². The Kier molecular flexibility index (Phi) is 3.72. The fraction of sp³-hybridized carbons (Fsp3) is 0.600. The van der Waals surface area contributed by atoms with Gasteiger partial charge in [0.25, 0.3) is 0 Å². The number of hydrogen-bond acceptors (Lipinski definition) is 2. The lowest BCUT2D eigenvalue weighted by molar-refractivity contribution is 0.116. The van der Waals surface area contributed by atoms with E-state index in [1.54, 1.807) is 0 Å². The van der Waals surface area contributed by atoms with E-state index in [-0.39, 0.29) is 0 Å². The molecule has 1 aliphatic rings. The van der Waals surface area contributed by atoms with Crippen LogP contribution in [0, 0.1) is 12.8 Å². The van der Waals surface area contributed by atoms with Crippen LogP contribution in [0.1, 0.15) is 37.8 Å². The SMILES string of the molecule is Cc1cccc(CN2CC(C)CCC2C)c1O. The van der Waals surface area contributed by atoms with Crippen LogP contribution in [0.15, 0.2) is 18.2 Å². The number of phenolic OH excluding ortho intramolecular Hbond substituents is 1. The number of nitrogens with zero attached hydrogens (tertiary/aromatic N) is 1. The summed E-state index contributed by atoms with van der Waals surface area (Å²) >= 11 is 0. The molecule has 0 amide bonds. The Morgan fingerprint density at radius 2 is 2.06 bits per heavy atom. The lowest BCUT2D eigenvalue weighted by Crippen LogP contribution is -2.40. The summed E-state index contributed by atoms with van der Waals surface area (Å²) in [5.41, 5.74) is 2.03. The molecule has 0 aromatic heterocycles. The van der Waals surface area contributed by atoms with Crippen LogP contribution < -0.4 is 0 Å². The molecule has 2 rings (SSSR count). The molecule has 1 heterocycles. The highest BCUT2D eigenvalue weighted by molar-refractivity contribution is 5.39. The zero-order valence-corrected chi connectivity index (χ0v) is 11.1. The lowest BCUT2D eigenvalue weighted by Gasteiger charge is -2.37. The molecular formula is C15H23NO. The van der Waals surface area contributed by atoms with E-state index in [1.807, 2.05) is 25.1 Å². The maximum Gasteiger partial charge on any atom is 0.122 e.